The van der Waals surface area contributed by atoms with E-state index < -0.39 is 31.8 Å². The zero-order valence-corrected chi connectivity index (χ0v) is 24.2. The molecule has 11 nitrogen and oxygen atoms in total. The summed E-state index contributed by atoms with van der Waals surface area (Å²) in [4.78, 5) is 0.216. The molecule has 2 heterocycles. The number of ether oxygens (including phenoxy) is 3. The molecule has 14 heteroatoms. The summed E-state index contributed by atoms with van der Waals surface area (Å²) in [7, 11) is -4.51. The summed E-state index contributed by atoms with van der Waals surface area (Å²) in [6.45, 7) is 1.37. The molecular weight excluding hydrogens is 570 g/mol. The van der Waals surface area contributed by atoms with E-state index in [0.717, 1.165) is 0 Å². The van der Waals surface area contributed by atoms with Gasteiger partial charge in [-0.25, -0.2) is 21.6 Å². The van der Waals surface area contributed by atoms with Crippen LogP contribution in [0.5, 0.6) is 11.5 Å². The number of benzene rings is 2. The van der Waals surface area contributed by atoms with E-state index in [1.165, 1.54) is 48.8 Å². The number of nitrogens with one attached hydrogen (secondary N) is 2. The average molecular weight is 604 g/mol. The Hall–Kier alpha value is -1.97. The normalized spacial score (nSPS) is 20.7. The van der Waals surface area contributed by atoms with Crippen molar-refractivity contribution in [3.8, 4) is 11.5 Å². The maximum atomic E-state index is 13.2. The number of hydrogen-bond acceptors (Lipinski definition) is 9. The third kappa shape index (κ3) is 7.03. The molecule has 2 unspecified atom stereocenters. The van der Waals surface area contributed by atoms with Crippen LogP contribution in [0.2, 0.25) is 5.02 Å². The number of piperidine rings is 1. The molecule has 2 aromatic carbocycles. The maximum Gasteiger partial charge on any atom is 0.243 e. The van der Waals surface area contributed by atoms with Crippen LogP contribution in [0.15, 0.2) is 52.3 Å². The van der Waals surface area contributed by atoms with Crippen molar-refractivity contribution in [2.45, 2.75) is 46.8 Å². The number of halogens is 1. The number of aliphatic hydroxyl groups excluding tert-OH is 1. The molecule has 2 aromatic rings. The van der Waals surface area contributed by atoms with Crippen LogP contribution < -0.4 is 19.5 Å². The predicted molar refractivity (Wildman–Crippen MR) is 145 cm³/mol. The van der Waals surface area contributed by atoms with Gasteiger partial charge in [0.2, 0.25) is 20.0 Å². The first-order valence-corrected chi connectivity index (χ1v) is 15.8. The van der Waals surface area contributed by atoms with E-state index in [1.54, 1.807) is 12.1 Å². The van der Waals surface area contributed by atoms with Gasteiger partial charge in [-0.15, -0.1) is 0 Å². The summed E-state index contributed by atoms with van der Waals surface area (Å²) in [6.07, 6.45) is 1.00. The van der Waals surface area contributed by atoms with Gasteiger partial charge < -0.3 is 24.6 Å². The molecule has 0 saturated carbocycles. The van der Waals surface area contributed by atoms with Crippen LogP contribution in [0, 0.1) is 0 Å². The number of aliphatic hydroxyl groups is 1. The van der Waals surface area contributed by atoms with E-state index in [1.807, 2.05) is 0 Å². The lowest BCUT2D eigenvalue weighted by Gasteiger charge is -2.38. The van der Waals surface area contributed by atoms with Crippen LogP contribution in [-0.2, 0) is 24.8 Å². The SMILES string of the molecule is CNS(=O)(=O)c1cccc(OCC(O)CNC2COC3(CCN(S(=O)(=O)c4ccc(Cl)c(OC)c4)CC3)C2)c1. The molecule has 0 radical (unpaired) electrons. The molecule has 3 N–H and O–H groups in total. The summed E-state index contributed by atoms with van der Waals surface area (Å²) in [5.74, 6) is 0.648. The summed E-state index contributed by atoms with van der Waals surface area (Å²) >= 11 is 6.04. The first-order chi connectivity index (χ1) is 18.5. The topological polar surface area (TPSA) is 144 Å². The van der Waals surface area contributed by atoms with Crippen molar-refractivity contribution in [1.82, 2.24) is 14.3 Å². The Balaban J connectivity index is 1.24. The summed E-state index contributed by atoms with van der Waals surface area (Å²) in [6, 6.07) is 10.5. The second-order valence-electron chi connectivity index (χ2n) is 9.65. The number of rotatable bonds is 11. The van der Waals surface area contributed by atoms with Crippen molar-refractivity contribution in [2.75, 3.05) is 47.0 Å². The van der Waals surface area contributed by atoms with Gasteiger partial charge in [-0.05, 0) is 50.6 Å². The molecule has 0 aromatic heterocycles. The Kier molecular flexibility index (Phi) is 9.44. The molecule has 216 valence electrons. The fourth-order valence-corrected chi connectivity index (χ4v) is 7.23. The summed E-state index contributed by atoms with van der Waals surface area (Å²) < 4.78 is 70.8. The van der Waals surface area contributed by atoms with E-state index in [4.69, 9.17) is 25.8 Å². The van der Waals surface area contributed by atoms with Gasteiger partial charge in [-0.3, -0.25) is 0 Å². The largest absolute Gasteiger partial charge is 0.495 e. The fourth-order valence-electron chi connectivity index (χ4n) is 4.81. The molecule has 2 fully saturated rings. The Bertz CT molecular complexity index is 1370. The first kappa shape index (κ1) is 30.0. The molecule has 2 saturated heterocycles. The van der Waals surface area contributed by atoms with Gasteiger partial charge in [0.15, 0.2) is 0 Å². The molecule has 4 rings (SSSR count). The number of methoxy groups -OCH3 is 1. The Morgan fingerprint density at radius 2 is 1.90 bits per heavy atom. The van der Waals surface area contributed by atoms with Crippen molar-refractivity contribution in [3.63, 3.8) is 0 Å². The van der Waals surface area contributed by atoms with Gasteiger partial charge in [0.25, 0.3) is 0 Å². The number of hydrogen-bond donors (Lipinski definition) is 3. The second kappa shape index (κ2) is 12.3. The van der Waals surface area contributed by atoms with Gasteiger partial charge in [-0.1, -0.05) is 17.7 Å². The molecule has 0 amide bonds. The molecule has 1 spiro atoms. The standard InChI is InChI=1S/C25H34ClN3O8S2/c1-27-38(31,32)21-5-3-4-20(12-21)36-17-19(30)15-28-18-14-25(37-16-18)8-10-29(11-9-25)39(33,34)22-6-7-23(26)24(13-22)35-2/h3-7,12-13,18-19,27-28,30H,8-11,14-17H2,1-2H3. The molecule has 0 bridgehead atoms. The van der Waals surface area contributed by atoms with Crippen LogP contribution in [-0.4, -0.2) is 91.0 Å². The quantitative estimate of drug-likeness (QED) is 0.349. The zero-order chi connectivity index (χ0) is 28.3. The van der Waals surface area contributed by atoms with Crippen molar-refractivity contribution >= 4 is 31.6 Å². The first-order valence-electron chi connectivity index (χ1n) is 12.5. The lowest BCUT2D eigenvalue weighted by Crippen LogP contribution is -2.47. The predicted octanol–water partition coefficient (Wildman–Crippen LogP) is 1.60. The van der Waals surface area contributed by atoms with Crippen molar-refractivity contribution < 1.29 is 36.2 Å². The zero-order valence-electron chi connectivity index (χ0n) is 21.8. The van der Waals surface area contributed by atoms with Crippen LogP contribution in [0.3, 0.4) is 0 Å². The number of sulfonamides is 2. The lowest BCUT2D eigenvalue weighted by molar-refractivity contribution is -0.0312. The van der Waals surface area contributed by atoms with E-state index in [0.29, 0.717) is 55.5 Å². The van der Waals surface area contributed by atoms with Crippen LogP contribution in [0.4, 0.5) is 0 Å². The van der Waals surface area contributed by atoms with Crippen LogP contribution >= 0.6 is 11.6 Å². The Morgan fingerprint density at radius 3 is 2.59 bits per heavy atom. The highest BCUT2D eigenvalue weighted by atomic mass is 35.5. The third-order valence-corrected chi connectivity index (χ3v) is 10.7. The minimum Gasteiger partial charge on any atom is -0.495 e. The molecule has 0 aliphatic carbocycles. The van der Waals surface area contributed by atoms with Crippen LogP contribution in [0.1, 0.15) is 19.3 Å². The molecule has 2 aliphatic heterocycles. The van der Waals surface area contributed by atoms with E-state index in [9.17, 15) is 21.9 Å². The summed E-state index contributed by atoms with van der Waals surface area (Å²) in [5.41, 5.74) is -0.415. The molecule has 2 atom stereocenters. The van der Waals surface area contributed by atoms with Crippen molar-refractivity contribution in [1.29, 1.82) is 0 Å². The van der Waals surface area contributed by atoms with Crippen molar-refractivity contribution in [3.05, 3.63) is 47.5 Å². The van der Waals surface area contributed by atoms with E-state index in [2.05, 4.69) is 10.0 Å². The van der Waals surface area contributed by atoms with E-state index in [-0.39, 0.29) is 29.0 Å². The summed E-state index contributed by atoms with van der Waals surface area (Å²) in [5, 5.41) is 14.0. The maximum absolute atomic E-state index is 13.2. The van der Waals surface area contributed by atoms with Gasteiger partial charge in [0.1, 0.15) is 24.2 Å². The van der Waals surface area contributed by atoms with E-state index >= 15 is 0 Å². The smallest absolute Gasteiger partial charge is 0.243 e. The van der Waals surface area contributed by atoms with Crippen molar-refractivity contribution in [2.24, 2.45) is 0 Å². The third-order valence-electron chi connectivity index (χ3n) is 7.07. The highest BCUT2D eigenvalue weighted by molar-refractivity contribution is 7.89. The highest BCUT2D eigenvalue weighted by Gasteiger charge is 2.44. The van der Waals surface area contributed by atoms with Gasteiger partial charge in [0.05, 0.1) is 34.1 Å². The monoisotopic (exact) mass is 603 g/mol. The molecule has 39 heavy (non-hydrogen) atoms. The van der Waals surface area contributed by atoms with Gasteiger partial charge >= 0.3 is 0 Å². The second-order valence-corrected chi connectivity index (χ2v) is 13.9. The average Bonchev–Trinajstić information content (AvgIpc) is 3.33. The van der Waals surface area contributed by atoms with Gasteiger partial charge in [0, 0.05) is 37.8 Å². The minimum absolute atomic E-state index is 0.00688. The highest BCUT2D eigenvalue weighted by Crippen LogP contribution is 2.38. The lowest BCUT2D eigenvalue weighted by atomic mass is 9.88. The molecule has 2 aliphatic rings. The Labute approximate surface area is 234 Å². The van der Waals surface area contributed by atoms with Gasteiger partial charge in [-0.2, -0.15) is 4.31 Å². The fraction of sp³-hybridized carbons (Fsp3) is 0.520. The Morgan fingerprint density at radius 1 is 1.15 bits per heavy atom. The minimum atomic E-state index is -3.69. The molecular formula is C25H34ClN3O8S2. The van der Waals surface area contributed by atoms with Crippen LogP contribution in [0.25, 0.3) is 0 Å². The number of nitrogens with zero attached hydrogens (tertiary/aromatic N) is 1.